The minimum atomic E-state index is -1.24. The monoisotopic (exact) mass is 456 g/mol. The molecule has 0 radical (unpaired) electrons. The predicted molar refractivity (Wildman–Crippen MR) is 125 cm³/mol. The van der Waals surface area contributed by atoms with E-state index < -0.39 is 11.0 Å². The van der Waals surface area contributed by atoms with Gasteiger partial charge in [-0.2, -0.15) is 9.97 Å². The summed E-state index contributed by atoms with van der Waals surface area (Å²) in [5, 5.41) is 3.41. The van der Waals surface area contributed by atoms with Crippen molar-refractivity contribution in [1.29, 1.82) is 0 Å². The topological polar surface area (TPSA) is 73.8 Å². The van der Waals surface area contributed by atoms with E-state index in [4.69, 9.17) is 14.7 Å². The van der Waals surface area contributed by atoms with Gasteiger partial charge in [0.1, 0.15) is 23.4 Å². The number of hydrogen-bond acceptors (Lipinski definition) is 7. The third-order valence-electron chi connectivity index (χ3n) is 6.72. The van der Waals surface area contributed by atoms with Gasteiger partial charge in [0.05, 0.1) is 17.1 Å². The fourth-order valence-electron chi connectivity index (χ4n) is 4.76. The molecule has 0 amide bonds. The Morgan fingerprint density at radius 3 is 2.72 bits per heavy atom. The molecule has 2 atom stereocenters. The number of nitrogens with one attached hydrogen (secondary N) is 1. The summed E-state index contributed by atoms with van der Waals surface area (Å²) in [7, 11) is 0.909. The fourth-order valence-corrected chi connectivity index (χ4v) is 6.06. The predicted octanol–water partition coefficient (Wildman–Crippen LogP) is 1.71. The number of nitrogens with zero attached hydrogens (tertiary/aromatic N) is 5. The van der Waals surface area contributed by atoms with Crippen molar-refractivity contribution in [3.63, 3.8) is 0 Å². The molecule has 3 aliphatic rings. The third-order valence-corrected chi connectivity index (χ3v) is 8.28. The number of hydrogen-bond donors (Lipinski definition) is 1. The molecule has 0 aliphatic carbocycles. The molecule has 2 aromatic rings. The highest BCUT2D eigenvalue weighted by Crippen LogP contribution is 2.34. The summed E-state index contributed by atoms with van der Waals surface area (Å²) in [4.78, 5) is 15.1. The maximum atomic E-state index is 13.4. The smallest absolute Gasteiger partial charge is 0.318 e. The molecule has 1 aromatic heterocycles. The second kappa shape index (κ2) is 9.43. The van der Waals surface area contributed by atoms with Crippen LogP contribution >= 0.6 is 0 Å². The quantitative estimate of drug-likeness (QED) is 0.709. The average Bonchev–Trinajstić information content (AvgIpc) is 3.43. The Hall–Kier alpha value is -2.07. The molecule has 8 nitrogen and oxygen atoms in total. The van der Waals surface area contributed by atoms with Gasteiger partial charge in [-0.05, 0) is 45.0 Å². The first kappa shape index (κ1) is 21.8. The first-order valence-electron chi connectivity index (χ1n) is 11.5. The van der Waals surface area contributed by atoms with Gasteiger partial charge < -0.3 is 19.9 Å². The minimum absolute atomic E-state index is 0.416. The number of anilines is 1. The molecule has 1 unspecified atom stereocenters. The van der Waals surface area contributed by atoms with E-state index in [0.717, 1.165) is 66.7 Å². The molecule has 3 aliphatic heterocycles. The molecule has 5 rings (SSSR count). The lowest BCUT2D eigenvalue weighted by atomic mass is 10.2. The molecular formula is C23H32N6O2S. The van der Waals surface area contributed by atoms with Crippen molar-refractivity contribution < 1.29 is 8.95 Å². The maximum absolute atomic E-state index is 13.4. The van der Waals surface area contributed by atoms with Crippen molar-refractivity contribution in [2.75, 3.05) is 51.3 Å². The Balaban J connectivity index is 1.40. The molecule has 1 N–H and O–H groups in total. The van der Waals surface area contributed by atoms with E-state index in [1.807, 2.05) is 35.5 Å². The molecule has 2 fully saturated rings. The maximum Gasteiger partial charge on any atom is 0.318 e. The lowest BCUT2D eigenvalue weighted by Crippen LogP contribution is -2.44. The van der Waals surface area contributed by atoms with E-state index in [2.05, 4.69) is 22.2 Å². The van der Waals surface area contributed by atoms with Crippen LogP contribution in [-0.4, -0.2) is 75.8 Å². The zero-order valence-electron chi connectivity index (χ0n) is 18.9. The van der Waals surface area contributed by atoms with Crippen LogP contribution in [0.3, 0.4) is 0 Å². The van der Waals surface area contributed by atoms with Crippen LogP contribution in [0.5, 0.6) is 6.01 Å². The van der Waals surface area contributed by atoms with Crippen LogP contribution in [0.1, 0.15) is 29.7 Å². The van der Waals surface area contributed by atoms with Gasteiger partial charge in [-0.15, -0.1) is 0 Å². The van der Waals surface area contributed by atoms with Crippen molar-refractivity contribution in [2.24, 2.45) is 0 Å². The second-order valence-electron chi connectivity index (χ2n) is 8.89. The van der Waals surface area contributed by atoms with Crippen molar-refractivity contribution in [1.82, 2.24) is 24.5 Å². The molecular weight excluding hydrogens is 424 g/mol. The number of piperazine rings is 1. The van der Waals surface area contributed by atoms with E-state index in [1.165, 1.54) is 6.42 Å². The van der Waals surface area contributed by atoms with Gasteiger partial charge in [-0.25, -0.2) is 8.51 Å². The lowest BCUT2D eigenvalue weighted by Gasteiger charge is -2.30. The Labute approximate surface area is 192 Å². The number of benzene rings is 1. The summed E-state index contributed by atoms with van der Waals surface area (Å²) in [5.41, 5.74) is 3.06. The number of aryl methyl sites for hydroxylation is 1. The molecule has 0 bridgehead atoms. The number of fused-ring (bicyclic) bond motifs is 1. The Kier molecular flexibility index (Phi) is 6.41. The van der Waals surface area contributed by atoms with E-state index in [1.54, 1.807) is 0 Å². The number of aromatic nitrogens is 2. The lowest BCUT2D eigenvalue weighted by molar-refractivity contribution is 0.187. The molecule has 172 valence electrons. The molecule has 2 saturated heterocycles. The third kappa shape index (κ3) is 4.39. The summed E-state index contributed by atoms with van der Waals surface area (Å²) in [6.07, 6.45) is 2.36. The molecule has 0 saturated carbocycles. The van der Waals surface area contributed by atoms with Crippen molar-refractivity contribution >= 4 is 16.8 Å². The zero-order valence-corrected chi connectivity index (χ0v) is 19.7. The van der Waals surface area contributed by atoms with Gasteiger partial charge in [0, 0.05) is 44.3 Å². The summed E-state index contributed by atoms with van der Waals surface area (Å²) >= 11 is 0. The normalized spacial score (nSPS) is 22.8. The minimum Gasteiger partial charge on any atom is -0.462 e. The zero-order chi connectivity index (χ0) is 22.1. The van der Waals surface area contributed by atoms with Crippen LogP contribution < -0.4 is 15.0 Å². The van der Waals surface area contributed by atoms with E-state index in [0.29, 0.717) is 31.7 Å². The molecule has 4 heterocycles. The summed E-state index contributed by atoms with van der Waals surface area (Å²) in [5.74, 6) is 0.940. The Bertz CT molecular complexity index is 996. The van der Waals surface area contributed by atoms with Gasteiger partial charge in [0.25, 0.3) is 0 Å². The highest BCUT2D eigenvalue weighted by molar-refractivity contribution is 7.82. The van der Waals surface area contributed by atoms with Crippen LogP contribution in [0.15, 0.2) is 29.2 Å². The molecule has 9 heteroatoms. The summed E-state index contributed by atoms with van der Waals surface area (Å²) in [6, 6.07) is 8.74. The van der Waals surface area contributed by atoms with Crippen molar-refractivity contribution in [3.05, 3.63) is 41.1 Å². The van der Waals surface area contributed by atoms with E-state index >= 15 is 0 Å². The van der Waals surface area contributed by atoms with Crippen LogP contribution in [0.4, 0.5) is 5.82 Å². The first-order chi connectivity index (χ1) is 15.6. The van der Waals surface area contributed by atoms with Crippen LogP contribution in [0.25, 0.3) is 0 Å². The highest BCUT2D eigenvalue weighted by atomic mass is 32.2. The van der Waals surface area contributed by atoms with E-state index in [9.17, 15) is 4.21 Å². The van der Waals surface area contributed by atoms with Crippen LogP contribution in [0, 0.1) is 6.92 Å². The molecule has 32 heavy (non-hydrogen) atoms. The van der Waals surface area contributed by atoms with Crippen molar-refractivity contribution in [2.45, 2.75) is 43.8 Å². The number of ether oxygens (including phenoxy) is 1. The Morgan fingerprint density at radius 1 is 1.16 bits per heavy atom. The van der Waals surface area contributed by atoms with Gasteiger partial charge in [-0.3, -0.25) is 0 Å². The van der Waals surface area contributed by atoms with Crippen LogP contribution in [-0.2, 0) is 24.1 Å². The summed E-state index contributed by atoms with van der Waals surface area (Å²) in [6.45, 7) is 8.51. The summed E-state index contributed by atoms with van der Waals surface area (Å²) < 4.78 is 21.5. The standard InChI is InChI=1S/C23H32N6O2S/c1-17-6-3-4-8-21(17)32(30)29-14-19-20(15-29)25-23(31-16-18-7-5-11-27(18)2)26-22(19)28-12-9-24-10-13-28/h3-4,6,8,18,24H,5,7,9-16H2,1-2H3/t18-,32?/m0/s1. The first-order valence-corrected chi connectivity index (χ1v) is 12.6. The van der Waals surface area contributed by atoms with Gasteiger partial charge in [0.2, 0.25) is 0 Å². The van der Waals surface area contributed by atoms with Crippen molar-refractivity contribution in [3.8, 4) is 6.01 Å². The number of rotatable bonds is 6. The van der Waals surface area contributed by atoms with Gasteiger partial charge in [-0.1, -0.05) is 18.2 Å². The van der Waals surface area contributed by atoms with E-state index in [-0.39, 0.29) is 0 Å². The highest BCUT2D eigenvalue weighted by Gasteiger charge is 2.32. The number of likely N-dealkylation sites (tertiary alicyclic amines) is 1. The second-order valence-corrected chi connectivity index (χ2v) is 10.3. The number of likely N-dealkylation sites (N-methyl/N-ethyl adjacent to an activating group) is 1. The van der Waals surface area contributed by atoms with Crippen LogP contribution in [0.2, 0.25) is 0 Å². The van der Waals surface area contributed by atoms with Gasteiger partial charge in [0.15, 0.2) is 0 Å². The molecule has 1 aromatic carbocycles. The fraction of sp³-hybridized carbons (Fsp3) is 0.565. The van der Waals surface area contributed by atoms with Gasteiger partial charge >= 0.3 is 6.01 Å². The largest absolute Gasteiger partial charge is 0.462 e. The SMILES string of the molecule is Cc1ccccc1S(=O)N1Cc2nc(OC[C@@H]3CCCN3C)nc(N3CCNCC3)c2C1. The Morgan fingerprint density at radius 2 is 1.97 bits per heavy atom. The molecule has 0 spiro atoms. The average molecular weight is 457 g/mol.